The smallest absolute Gasteiger partial charge is 0.317 e. The Morgan fingerprint density at radius 2 is 0.719 bits per heavy atom. The summed E-state index contributed by atoms with van der Waals surface area (Å²) in [6, 6.07) is 0. The fourth-order valence-electron chi connectivity index (χ4n) is 4.15. The van der Waals surface area contributed by atoms with E-state index in [1.807, 2.05) is 13.8 Å². The lowest BCUT2D eigenvalue weighted by Gasteiger charge is -2.34. The lowest BCUT2D eigenvalue weighted by Crippen LogP contribution is -2.48. The summed E-state index contributed by atoms with van der Waals surface area (Å²) in [5, 5.41) is 37.0. The molecule has 12 heteroatoms. The van der Waals surface area contributed by atoms with Crippen molar-refractivity contribution in [3.8, 4) is 0 Å². The SMILES string of the molecule is CC1CN(CC(=O)O)CCN(CC(=O)O)CC(C)CN(CC(=O)O)CCN(CC(=O)O)C1. The van der Waals surface area contributed by atoms with Gasteiger partial charge in [-0.2, -0.15) is 0 Å². The van der Waals surface area contributed by atoms with Gasteiger partial charge in [-0.25, -0.2) is 0 Å². The molecule has 0 atom stereocenters. The highest BCUT2D eigenvalue weighted by molar-refractivity contribution is 5.70. The van der Waals surface area contributed by atoms with Gasteiger partial charge in [0.15, 0.2) is 0 Å². The second-order valence-corrected chi connectivity index (χ2v) is 8.73. The van der Waals surface area contributed by atoms with Crippen molar-refractivity contribution in [1.29, 1.82) is 0 Å². The van der Waals surface area contributed by atoms with Crippen LogP contribution in [0.25, 0.3) is 0 Å². The van der Waals surface area contributed by atoms with E-state index < -0.39 is 23.9 Å². The van der Waals surface area contributed by atoms with Crippen molar-refractivity contribution in [1.82, 2.24) is 19.6 Å². The topological polar surface area (TPSA) is 162 Å². The van der Waals surface area contributed by atoms with E-state index in [-0.39, 0.29) is 38.0 Å². The van der Waals surface area contributed by atoms with E-state index in [1.165, 1.54) is 0 Å². The third-order valence-corrected chi connectivity index (χ3v) is 5.18. The normalized spacial score (nSPS) is 23.9. The molecule has 1 fully saturated rings. The summed E-state index contributed by atoms with van der Waals surface area (Å²) < 4.78 is 0. The molecular formula is C20H36N4O8. The average molecular weight is 461 g/mol. The zero-order chi connectivity index (χ0) is 24.3. The first-order valence-electron chi connectivity index (χ1n) is 10.7. The van der Waals surface area contributed by atoms with Crippen LogP contribution in [0.2, 0.25) is 0 Å². The van der Waals surface area contributed by atoms with Crippen molar-refractivity contribution >= 4 is 23.9 Å². The summed E-state index contributed by atoms with van der Waals surface area (Å²) in [6.45, 7) is 6.14. The van der Waals surface area contributed by atoms with Crippen LogP contribution >= 0.6 is 0 Å². The first-order chi connectivity index (χ1) is 14.9. The van der Waals surface area contributed by atoms with Crippen LogP contribution in [0.1, 0.15) is 13.8 Å². The van der Waals surface area contributed by atoms with Gasteiger partial charge >= 0.3 is 23.9 Å². The summed E-state index contributed by atoms with van der Waals surface area (Å²) >= 11 is 0. The quantitative estimate of drug-likeness (QED) is 0.343. The molecule has 1 aliphatic rings. The lowest BCUT2D eigenvalue weighted by atomic mass is 10.1. The molecule has 0 aliphatic carbocycles. The second-order valence-electron chi connectivity index (χ2n) is 8.73. The van der Waals surface area contributed by atoms with E-state index >= 15 is 0 Å². The fourth-order valence-corrected chi connectivity index (χ4v) is 4.15. The van der Waals surface area contributed by atoms with Crippen molar-refractivity contribution in [2.75, 3.05) is 78.5 Å². The molecule has 0 aromatic carbocycles. The first-order valence-corrected chi connectivity index (χ1v) is 10.7. The molecule has 1 heterocycles. The Bertz CT molecular complexity index is 541. The maximum Gasteiger partial charge on any atom is 0.317 e. The van der Waals surface area contributed by atoms with Crippen LogP contribution < -0.4 is 0 Å². The van der Waals surface area contributed by atoms with Gasteiger partial charge in [0.25, 0.3) is 0 Å². The minimum Gasteiger partial charge on any atom is -0.480 e. The molecule has 0 bridgehead atoms. The third kappa shape index (κ3) is 12.5. The summed E-state index contributed by atoms with van der Waals surface area (Å²) in [5.41, 5.74) is 0. The van der Waals surface area contributed by atoms with Gasteiger partial charge in [-0.1, -0.05) is 13.8 Å². The average Bonchev–Trinajstić information content (AvgIpc) is 2.61. The molecule has 0 amide bonds. The highest BCUT2D eigenvalue weighted by Crippen LogP contribution is 2.09. The minimum absolute atomic E-state index is 0.0450. The maximum atomic E-state index is 11.3. The summed E-state index contributed by atoms with van der Waals surface area (Å²) in [5.74, 6) is -4.02. The van der Waals surface area contributed by atoms with Gasteiger partial charge in [0, 0.05) is 52.4 Å². The largest absolute Gasteiger partial charge is 0.480 e. The molecule has 4 N–H and O–H groups in total. The van der Waals surface area contributed by atoms with Crippen molar-refractivity contribution in [3.05, 3.63) is 0 Å². The van der Waals surface area contributed by atoms with Crippen molar-refractivity contribution < 1.29 is 39.6 Å². The molecule has 0 aromatic rings. The minimum atomic E-state index is -0.983. The molecule has 32 heavy (non-hydrogen) atoms. The van der Waals surface area contributed by atoms with Crippen LogP contribution in [0.4, 0.5) is 0 Å². The molecule has 0 spiro atoms. The number of hydrogen-bond acceptors (Lipinski definition) is 8. The van der Waals surface area contributed by atoms with Gasteiger partial charge in [-0.05, 0) is 11.8 Å². The van der Waals surface area contributed by atoms with E-state index in [0.717, 1.165) is 0 Å². The standard InChI is InChI=1S/C20H36N4O8/c1-15-7-21(11-17(25)26)3-5-23(13-19(29)30)9-16(2)10-24(14-20(31)32)6-4-22(8-15)12-18(27)28/h15-16H,3-14H2,1-2H3,(H,25,26)(H,27,28)(H,29,30)(H,31,32). The highest BCUT2D eigenvalue weighted by atomic mass is 16.4. The molecule has 1 rings (SSSR count). The fraction of sp³-hybridized carbons (Fsp3) is 0.800. The van der Waals surface area contributed by atoms with E-state index in [1.54, 1.807) is 19.6 Å². The Morgan fingerprint density at radius 1 is 0.531 bits per heavy atom. The number of carboxylic acid groups (broad SMARTS) is 4. The predicted octanol–water partition coefficient (Wildman–Crippen LogP) is -1.18. The zero-order valence-corrected chi connectivity index (χ0v) is 18.9. The van der Waals surface area contributed by atoms with Gasteiger partial charge in [-0.3, -0.25) is 38.8 Å². The molecule has 0 saturated carbocycles. The van der Waals surface area contributed by atoms with Crippen LogP contribution in [0.5, 0.6) is 0 Å². The summed E-state index contributed by atoms with van der Waals surface area (Å²) in [7, 11) is 0. The molecule has 1 aliphatic heterocycles. The highest BCUT2D eigenvalue weighted by Gasteiger charge is 2.23. The van der Waals surface area contributed by atoms with Crippen LogP contribution in [-0.4, -0.2) is 142 Å². The Labute approximate surface area is 188 Å². The van der Waals surface area contributed by atoms with Gasteiger partial charge < -0.3 is 20.4 Å². The van der Waals surface area contributed by atoms with Crippen molar-refractivity contribution in [3.63, 3.8) is 0 Å². The van der Waals surface area contributed by atoms with E-state index in [4.69, 9.17) is 0 Å². The Kier molecular flexibility index (Phi) is 12.1. The molecular weight excluding hydrogens is 424 g/mol. The molecule has 0 aromatic heterocycles. The molecule has 184 valence electrons. The Hall–Kier alpha value is -2.28. The number of carboxylic acids is 4. The summed E-state index contributed by atoms with van der Waals surface area (Å²) in [4.78, 5) is 52.2. The van der Waals surface area contributed by atoms with Crippen LogP contribution in [0.15, 0.2) is 0 Å². The van der Waals surface area contributed by atoms with Crippen molar-refractivity contribution in [2.24, 2.45) is 11.8 Å². The van der Waals surface area contributed by atoms with Crippen LogP contribution in [0.3, 0.4) is 0 Å². The molecule has 1 saturated heterocycles. The number of rotatable bonds is 8. The predicted molar refractivity (Wildman–Crippen MR) is 115 cm³/mol. The van der Waals surface area contributed by atoms with E-state index in [2.05, 4.69) is 0 Å². The van der Waals surface area contributed by atoms with Crippen LogP contribution in [0, 0.1) is 11.8 Å². The Morgan fingerprint density at radius 3 is 0.875 bits per heavy atom. The van der Waals surface area contributed by atoms with Crippen molar-refractivity contribution in [2.45, 2.75) is 13.8 Å². The first kappa shape index (κ1) is 27.8. The number of aliphatic carboxylic acids is 4. The van der Waals surface area contributed by atoms with Gasteiger partial charge in [0.1, 0.15) is 0 Å². The van der Waals surface area contributed by atoms with Gasteiger partial charge in [-0.15, -0.1) is 0 Å². The molecule has 0 radical (unpaired) electrons. The van der Waals surface area contributed by atoms with Crippen LogP contribution in [-0.2, 0) is 19.2 Å². The number of hydrogen-bond donors (Lipinski definition) is 4. The van der Waals surface area contributed by atoms with Gasteiger partial charge in [0.05, 0.1) is 26.2 Å². The lowest BCUT2D eigenvalue weighted by molar-refractivity contribution is -0.141. The maximum absolute atomic E-state index is 11.3. The number of nitrogens with zero attached hydrogens (tertiary/aromatic N) is 4. The Balaban J connectivity index is 3.07. The molecule has 12 nitrogen and oxygen atoms in total. The summed E-state index contributed by atoms with van der Waals surface area (Å²) in [6.07, 6.45) is 0. The monoisotopic (exact) mass is 460 g/mol. The van der Waals surface area contributed by atoms with E-state index in [0.29, 0.717) is 52.4 Å². The number of carbonyl (C=O) groups is 4. The molecule has 0 unspecified atom stereocenters. The third-order valence-electron chi connectivity index (χ3n) is 5.18. The zero-order valence-electron chi connectivity index (χ0n) is 18.9. The van der Waals surface area contributed by atoms with Gasteiger partial charge in [0.2, 0.25) is 0 Å². The van der Waals surface area contributed by atoms with E-state index in [9.17, 15) is 39.6 Å². The second kappa shape index (κ2) is 14.0.